The number of halogens is 1. The number of benzene rings is 1. The summed E-state index contributed by atoms with van der Waals surface area (Å²) < 4.78 is 13.8. The fourth-order valence-electron chi connectivity index (χ4n) is 5.06. The van der Waals surface area contributed by atoms with Crippen molar-refractivity contribution in [2.24, 2.45) is 0 Å². The Morgan fingerprint density at radius 3 is 2.85 bits per heavy atom. The number of aryl methyl sites for hydroxylation is 1. The summed E-state index contributed by atoms with van der Waals surface area (Å²) in [4.78, 5) is 9.30. The van der Waals surface area contributed by atoms with E-state index in [2.05, 4.69) is 41.6 Å². The summed E-state index contributed by atoms with van der Waals surface area (Å²) in [6.45, 7) is 9.80. The Kier molecular flexibility index (Phi) is 4.26. The van der Waals surface area contributed by atoms with E-state index in [9.17, 15) is 4.39 Å². The number of anilines is 1. The molecule has 0 N–H and O–H groups in total. The van der Waals surface area contributed by atoms with Crippen LogP contribution in [0.5, 0.6) is 0 Å². The summed E-state index contributed by atoms with van der Waals surface area (Å²) in [5, 5.41) is 0. The van der Waals surface area contributed by atoms with Crippen molar-refractivity contribution >= 4 is 5.69 Å². The lowest BCUT2D eigenvalue weighted by molar-refractivity contribution is 0.141. The van der Waals surface area contributed by atoms with Gasteiger partial charge in [-0.3, -0.25) is 9.88 Å². The topological polar surface area (TPSA) is 19.4 Å². The summed E-state index contributed by atoms with van der Waals surface area (Å²) in [5.41, 5.74) is 3.81. The molecule has 2 saturated heterocycles. The average Bonchev–Trinajstić information content (AvgIpc) is 3.09. The van der Waals surface area contributed by atoms with Crippen molar-refractivity contribution < 1.29 is 4.39 Å². The van der Waals surface area contributed by atoms with Crippen LogP contribution in [0.4, 0.5) is 10.1 Å². The SMILES string of the molecule is Cc1cnccc1CN1CCCC12CN(c1cccc(F)c1)C(C)(C)C2. The molecule has 3 nitrogen and oxygen atoms in total. The van der Waals surface area contributed by atoms with Crippen LogP contribution in [0.15, 0.2) is 42.7 Å². The fraction of sp³-hybridized carbons (Fsp3) is 0.500. The van der Waals surface area contributed by atoms with Crippen molar-refractivity contribution in [1.82, 2.24) is 9.88 Å². The van der Waals surface area contributed by atoms with Crippen molar-refractivity contribution in [3.05, 3.63) is 59.7 Å². The Morgan fingerprint density at radius 2 is 2.08 bits per heavy atom. The number of likely N-dealkylation sites (tertiary alicyclic amines) is 1. The van der Waals surface area contributed by atoms with Crippen LogP contribution in [-0.2, 0) is 6.54 Å². The van der Waals surface area contributed by atoms with Gasteiger partial charge in [-0.1, -0.05) is 6.07 Å². The van der Waals surface area contributed by atoms with E-state index in [4.69, 9.17) is 0 Å². The van der Waals surface area contributed by atoms with E-state index in [0.29, 0.717) is 0 Å². The van der Waals surface area contributed by atoms with E-state index in [1.807, 2.05) is 24.5 Å². The molecule has 2 aliphatic heterocycles. The van der Waals surface area contributed by atoms with Gasteiger partial charge >= 0.3 is 0 Å². The molecule has 2 fully saturated rings. The molecule has 0 bridgehead atoms. The van der Waals surface area contributed by atoms with Crippen LogP contribution in [0.25, 0.3) is 0 Å². The summed E-state index contributed by atoms with van der Waals surface area (Å²) in [6, 6.07) is 9.20. The molecule has 0 radical (unpaired) electrons. The number of hydrogen-bond acceptors (Lipinski definition) is 3. The summed E-state index contributed by atoms with van der Waals surface area (Å²) in [7, 11) is 0. The highest BCUT2D eigenvalue weighted by molar-refractivity contribution is 5.52. The van der Waals surface area contributed by atoms with Crippen LogP contribution in [0.2, 0.25) is 0 Å². The van der Waals surface area contributed by atoms with Gasteiger partial charge in [0.1, 0.15) is 5.82 Å². The van der Waals surface area contributed by atoms with E-state index < -0.39 is 0 Å². The van der Waals surface area contributed by atoms with E-state index >= 15 is 0 Å². The first-order valence-electron chi connectivity index (χ1n) is 9.57. The van der Waals surface area contributed by atoms with Gasteiger partial charge in [-0.05, 0) is 82.0 Å². The molecule has 1 atom stereocenters. The Labute approximate surface area is 155 Å². The minimum atomic E-state index is -0.157. The molecule has 3 heterocycles. The van der Waals surface area contributed by atoms with Crippen LogP contribution >= 0.6 is 0 Å². The van der Waals surface area contributed by atoms with Gasteiger partial charge in [0.05, 0.1) is 0 Å². The van der Waals surface area contributed by atoms with Gasteiger partial charge in [-0.2, -0.15) is 0 Å². The maximum atomic E-state index is 13.8. The van der Waals surface area contributed by atoms with Crippen LogP contribution in [0.3, 0.4) is 0 Å². The van der Waals surface area contributed by atoms with Gasteiger partial charge in [0.25, 0.3) is 0 Å². The Bertz CT molecular complexity index is 803. The Balaban J connectivity index is 1.62. The summed E-state index contributed by atoms with van der Waals surface area (Å²) in [5.74, 6) is -0.157. The molecule has 2 aliphatic rings. The molecule has 0 aliphatic carbocycles. The summed E-state index contributed by atoms with van der Waals surface area (Å²) >= 11 is 0. The van der Waals surface area contributed by atoms with Gasteiger partial charge in [-0.15, -0.1) is 0 Å². The zero-order valence-electron chi connectivity index (χ0n) is 16.0. The minimum absolute atomic E-state index is 0.0175. The molecule has 1 aromatic heterocycles. The highest BCUT2D eigenvalue weighted by Gasteiger charge is 2.53. The molecule has 0 amide bonds. The second kappa shape index (κ2) is 6.34. The third-order valence-electron chi connectivity index (χ3n) is 6.30. The molecule has 4 rings (SSSR count). The van der Waals surface area contributed by atoms with Crippen LogP contribution in [0.1, 0.15) is 44.2 Å². The van der Waals surface area contributed by atoms with Crippen molar-refractivity contribution in [3.63, 3.8) is 0 Å². The number of hydrogen-bond donors (Lipinski definition) is 0. The number of nitrogens with zero attached hydrogens (tertiary/aromatic N) is 3. The van der Waals surface area contributed by atoms with Crippen LogP contribution in [-0.4, -0.2) is 34.1 Å². The highest BCUT2D eigenvalue weighted by atomic mass is 19.1. The maximum absolute atomic E-state index is 13.8. The third kappa shape index (κ3) is 3.01. The molecular weight excluding hydrogens is 325 g/mol. The van der Waals surface area contributed by atoms with Gasteiger partial charge in [0, 0.05) is 42.2 Å². The lowest BCUT2D eigenvalue weighted by Crippen LogP contribution is -2.45. The molecular formula is C22H28FN3. The monoisotopic (exact) mass is 353 g/mol. The first kappa shape index (κ1) is 17.5. The quantitative estimate of drug-likeness (QED) is 0.807. The maximum Gasteiger partial charge on any atom is 0.125 e. The predicted octanol–water partition coefficient (Wildman–Crippen LogP) is 4.55. The van der Waals surface area contributed by atoms with Crippen molar-refractivity contribution in [2.75, 3.05) is 18.0 Å². The van der Waals surface area contributed by atoms with Crippen LogP contribution < -0.4 is 4.90 Å². The zero-order chi connectivity index (χ0) is 18.4. The average molecular weight is 353 g/mol. The van der Waals surface area contributed by atoms with E-state index in [0.717, 1.165) is 31.7 Å². The van der Waals surface area contributed by atoms with Crippen molar-refractivity contribution in [1.29, 1.82) is 0 Å². The molecule has 4 heteroatoms. The predicted molar refractivity (Wildman–Crippen MR) is 104 cm³/mol. The number of pyridine rings is 1. The molecule has 1 unspecified atom stereocenters. The van der Waals surface area contributed by atoms with Gasteiger partial charge in [0.15, 0.2) is 0 Å². The second-order valence-electron chi connectivity index (χ2n) is 8.61. The van der Waals surface area contributed by atoms with Gasteiger partial charge in [0.2, 0.25) is 0 Å². The highest BCUT2D eigenvalue weighted by Crippen LogP contribution is 2.47. The molecule has 2 aromatic rings. The molecule has 1 spiro atoms. The zero-order valence-corrected chi connectivity index (χ0v) is 16.0. The normalized spacial score (nSPS) is 25.3. The standard InChI is InChI=1S/C22H28FN3/c1-17-13-24-10-8-18(17)14-25-11-5-9-22(25)15-21(2,3)26(16-22)20-7-4-6-19(23)12-20/h4,6-8,10,12-13H,5,9,11,14-16H2,1-3H3. The van der Waals surface area contributed by atoms with Crippen molar-refractivity contribution in [3.8, 4) is 0 Å². The minimum Gasteiger partial charge on any atom is -0.364 e. The third-order valence-corrected chi connectivity index (χ3v) is 6.30. The van der Waals surface area contributed by atoms with E-state index in [1.165, 1.54) is 30.0 Å². The summed E-state index contributed by atoms with van der Waals surface area (Å²) in [6.07, 6.45) is 7.41. The first-order chi connectivity index (χ1) is 12.4. The molecule has 138 valence electrons. The molecule has 26 heavy (non-hydrogen) atoms. The molecule has 1 aromatic carbocycles. The number of rotatable bonds is 3. The molecule has 0 saturated carbocycles. The van der Waals surface area contributed by atoms with E-state index in [1.54, 1.807) is 6.07 Å². The largest absolute Gasteiger partial charge is 0.364 e. The van der Waals surface area contributed by atoms with Gasteiger partial charge < -0.3 is 4.90 Å². The van der Waals surface area contributed by atoms with E-state index in [-0.39, 0.29) is 16.9 Å². The Hall–Kier alpha value is -1.94. The van der Waals surface area contributed by atoms with Crippen molar-refractivity contribution in [2.45, 2.75) is 57.7 Å². The fourth-order valence-corrected chi connectivity index (χ4v) is 5.06. The second-order valence-corrected chi connectivity index (χ2v) is 8.61. The Morgan fingerprint density at radius 1 is 1.23 bits per heavy atom. The number of aromatic nitrogens is 1. The van der Waals surface area contributed by atoms with Gasteiger partial charge in [-0.25, -0.2) is 4.39 Å². The van der Waals surface area contributed by atoms with Crippen LogP contribution in [0, 0.1) is 12.7 Å². The lowest BCUT2D eigenvalue weighted by atomic mass is 9.87. The first-order valence-corrected chi connectivity index (χ1v) is 9.57. The lowest BCUT2D eigenvalue weighted by Gasteiger charge is -2.35. The smallest absolute Gasteiger partial charge is 0.125 e.